The van der Waals surface area contributed by atoms with Crippen LogP contribution in [0.15, 0.2) is 30.5 Å². The second kappa shape index (κ2) is 2.75. The summed E-state index contributed by atoms with van der Waals surface area (Å²) in [5.41, 5.74) is 5.45. The van der Waals surface area contributed by atoms with Gasteiger partial charge in [0, 0.05) is 23.7 Å². The molecule has 0 aliphatic carbocycles. The molecule has 2 nitrogen and oxygen atoms in total. The predicted octanol–water partition coefficient (Wildman–Crippen LogP) is 2.19. The zero-order valence-corrected chi connectivity index (χ0v) is 7.68. The van der Waals surface area contributed by atoms with Crippen molar-refractivity contribution >= 4 is 23.2 Å². The van der Waals surface area contributed by atoms with Crippen LogP contribution < -0.4 is 5.43 Å². The van der Waals surface area contributed by atoms with E-state index in [1.54, 1.807) is 0 Å². The molecule has 1 aromatic rings. The number of para-hydroxylation sites is 1. The number of anilines is 1. The lowest BCUT2D eigenvalue weighted by molar-refractivity contribution is 0.550. The van der Waals surface area contributed by atoms with Crippen molar-refractivity contribution < 1.29 is 0 Å². The van der Waals surface area contributed by atoms with E-state index in [0.29, 0.717) is 0 Å². The maximum atomic E-state index is 4.38. The summed E-state index contributed by atoms with van der Waals surface area (Å²) < 4.78 is 0. The van der Waals surface area contributed by atoms with Crippen LogP contribution in [0.1, 0.15) is 5.56 Å². The van der Waals surface area contributed by atoms with E-state index in [1.165, 1.54) is 0 Å². The van der Waals surface area contributed by atoms with Gasteiger partial charge < -0.3 is 0 Å². The van der Waals surface area contributed by atoms with Crippen molar-refractivity contribution in [3.63, 3.8) is 0 Å². The molecule has 1 heterocycles. The Hall–Kier alpha value is -1.09. The van der Waals surface area contributed by atoms with Gasteiger partial charge in [-0.2, -0.15) is 0 Å². The van der Waals surface area contributed by atoms with Crippen molar-refractivity contribution in [1.82, 2.24) is 5.01 Å². The average molecular weight is 178 g/mol. The highest BCUT2D eigenvalue weighted by atomic mass is 32.1. The number of hydrogen-bond donors (Lipinski definition) is 2. The van der Waals surface area contributed by atoms with Gasteiger partial charge in [0.05, 0.1) is 5.69 Å². The lowest BCUT2D eigenvalue weighted by Crippen LogP contribution is -2.22. The molecule has 0 fully saturated rings. The second-order valence-electron chi connectivity index (χ2n) is 2.78. The quantitative estimate of drug-likeness (QED) is 0.592. The molecule has 62 valence electrons. The van der Waals surface area contributed by atoms with Crippen molar-refractivity contribution in [3.05, 3.63) is 36.0 Å². The molecule has 12 heavy (non-hydrogen) atoms. The maximum Gasteiger partial charge on any atom is 0.0625 e. The summed E-state index contributed by atoms with van der Waals surface area (Å²) in [5.74, 6) is 0. The first-order valence-corrected chi connectivity index (χ1v) is 4.22. The molecule has 0 spiro atoms. The van der Waals surface area contributed by atoms with Gasteiger partial charge in [-0.05, 0) is 6.07 Å². The number of thiol groups is 1. The number of nitrogens with one attached hydrogen (secondary N) is 1. The number of fused-ring (bicyclic) bond motifs is 1. The van der Waals surface area contributed by atoms with Crippen LogP contribution >= 0.6 is 12.6 Å². The summed E-state index contributed by atoms with van der Waals surface area (Å²) in [7, 11) is 1.95. The number of benzene rings is 1. The Balaban J connectivity index is 2.53. The van der Waals surface area contributed by atoms with E-state index < -0.39 is 0 Å². The van der Waals surface area contributed by atoms with Crippen LogP contribution in [0.5, 0.6) is 0 Å². The van der Waals surface area contributed by atoms with Crippen LogP contribution in [0.25, 0.3) is 4.91 Å². The van der Waals surface area contributed by atoms with Crippen LogP contribution in [-0.4, -0.2) is 12.1 Å². The predicted molar refractivity (Wildman–Crippen MR) is 54.8 cm³/mol. The molecule has 0 aromatic heterocycles. The third-order valence-electron chi connectivity index (χ3n) is 1.82. The SMILES string of the molecule is CN1C=C(S)c2ccccc2N1. The number of nitrogens with zero attached hydrogens (tertiary/aromatic N) is 1. The molecule has 0 radical (unpaired) electrons. The third-order valence-corrected chi connectivity index (χ3v) is 2.17. The fourth-order valence-electron chi connectivity index (χ4n) is 1.28. The Kier molecular flexibility index (Phi) is 1.73. The average Bonchev–Trinajstić information content (AvgIpc) is 2.04. The topological polar surface area (TPSA) is 15.3 Å². The van der Waals surface area contributed by atoms with Gasteiger partial charge in [0.1, 0.15) is 0 Å². The molecule has 0 atom stereocenters. The monoisotopic (exact) mass is 178 g/mol. The summed E-state index contributed by atoms with van der Waals surface area (Å²) in [4.78, 5) is 0.992. The van der Waals surface area contributed by atoms with E-state index in [2.05, 4.69) is 18.1 Å². The van der Waals surface area contributed by atoms with E-state index in [0.717, 1.165) is 16.2 Å². The standard InChI is InChI=1S/C9H10N2S/c1-11-6-9(12)7-4-2-3-5-8(7)10-11/h2-6,10,12H,1H3. The molecule has 2 rings (SSSR count). The van der Waals surface area contributed by atoms with Gasteiger partial charge in [0.25, 0.3) is 0 Å². The van der Waals surface area contributed by atoms with Gasteiger partial charge in [-0.3, -0.25) is 10.4 Å². The molecule has 0 saturated carbocycles. The molecule has 3 heteroatoms. The van der Waals surface area contributed by atoms with Gasteiger partial charge in [0.2, 0.25) is 0 Å². The van der Waals surface area contributed by atoms with E-state index in [4.69, 9.17) is 0 Å². The van der Waals surface area contributed by atoms with E-state index in [9.17, 15) is 0 Å². The zero-order valence-electron chi connectivity index (χ0n) is 6.78. The smallest absolute Gasteiger partial charge is 0.0625 e. The highest BCUT2D eigenvalue weighted by molar-refractivity contribution is 7.90. The highest BCUT2D eigenvalue weighted by Crippen LogP contribution is 2.29. The lowest BCUT2D eigenvalue weighted by Gasteiger charge is -2.25. The Morgan fingerprint density at radius 3 is 2.92 bits per heavy atom. The van der Waals surface area contributed by atoms with Crippen LogP contribution in [0, 0.1) is 0 Å². The van der Waals surface area contributed by atoms with Crippen molar-refractivity contribution in [1.29, 1.82) is 0 Å². The Labute approximate surface area is 77.3 Å². The maximum absolute atomic E-state index is 4.38. The first kappa shape index (κ1) is 7.55. The lowest BCUT2D eigenvalue weighted by atomic mass is 10.1. The Bertz CT molecular complexity index is 333. The molecule has 1 aliphatic rings. The van der Waals surface area contributed by atoms with Crippen LogP contribution in [0.3, 0.4) is 0 Å². The summed E-state index contributed by atoms with van der Waals surface area (Å²) in [5, 5.41) is 1.89. The summed E-state index contributed by atoms with van der Waals surface area (Å²) in [6.07, 6.45) is 1.95. The third kappa shape index (κ3) is 1.16. The minimum absolute atomic E-state index is 0.992. The molecule has 1 aliphatic heterocycles. The first-order valence-electron chi connectivity index (χ1n) is 3.77. The fraction of sp³-hybridized carbons (Fsp3) is 0.111. The van der Waals surface area contributed by atoms with E-state index in [1.807, 2.05) is 42.5 Å². The normalized spacial score (nSPS) is 14.8. The van der Waals surface area contributed by atoms with Crippen molar-refractivity contribution in [2.24, 2.45) is 0 Å². The van der Waals surface area contributed by atoms with Gasteiger partial charge in [-0.1, -0.05) is 18.2 Å². The summed E-state index contributed by atoms with van der Waals surface area (Å²) >= 11 is 4.38. The highest BCUT2D eigenvalue weighted by Gasteiger charge is 2.10. The first-order chi connectivity index (χ1) is 5.77. The second-order valence-corrected chi connectivity index (χ2v) is 3.26. The molecule has 0 bridgehead atoms. The number of hydrogen-bond acceptors (Lipinski definition) is 3. The van der Waals surface area contributed by atoms with E-state index in [-0.39, 0.29) is 0 Å². The molecular formula is C9H10N2S. The van der Waals surface area contributed by atoms with Crippen molar-refractivity contribution in [2.45, 2.75) is 0 Å². The molecule has 1 aromatic carbocycles. The molecule has 0 amide bonds. The molecule has 0 unspecified atom stereocenters. The van der Waals surface area contributed by atoms with Gasteiger partial charge in [-0.25, -0.2) is 0 Å². The van der Waals surface area contributed by atoms with Gasteiger partial charge >= 0.3 is 0 Å². The zero-order chi connectivity index (χ0) is 8.55. The van der Waals surface area contributed by atoms with Gasteiger partial charge in [-0.15, -0.1) is 12.6 Å². The number of rotatable bonds is 0. The molecule has 0 saturated heterocycles. The summed E-state index contributed by atoms with van der Waals surface area (Å²) in [6.45, 7) is 0. The van der Waals surface area contributed by atoms with E-state index >= 15 is 0 Å². The molecule has 1 N–H and O–H groups in total. The minimum Gasteiger partial charge on any atom is -0.299 e. The van der Waals surface area contributed by atoms with Crippen LogP contribution in [0.2, 0.25) is 0 Å². The van der Waals surface area contributed by atoms with Crippen LogP contribution in [-0.2, 0) is 0 Å². The Morgan fingerprint density at radius 1 is 1.33 bits per heavy atom. The van der Waals surface area contributed by atoms with Crippen molar-refractivity contribution in [2.75, 3.05) is 12.5 Å². The summed E-state index contributed by atoms with van der Waals surface area (Å²) in [6, 6.07) is 8.10. The fourth-order valence-corrected chi connectivity index (χ4v) is 1.65. The largest absolute Gasteiger partial charge is 0.299 e. The van der Waals surface area contributed by atoms with Crippen LogP contribution in [0.4, 0.5) is 5.69 Å². The molecular weight excluding hydrogens is 168 g/mol. The number of hydrazine groups is 1. The van der Waals surface area contributed by atoms with Crippen molar-refractivity contribution in [3.8, 4) is 0 Å². The van der Waals surface area contributed by atoms with Gasteiger partial charge in [0.15, 0.2) is 0 Å². The minimum atomic E-state index is 0.992. The Morgan fingerprint density at radius 2 is 2.08 bits per heavy atom.